The van der Waals surface area contributed by atoms with E-state index in [4.69, 9.17) is 0 Å². The number of nitrogens with zero attached hydrogens (tertiary/aromatic N) is 1. The smallest absolute Gasteiger partial charge is 0.230 e. The minimum absolute atomic E-state index is 0.00259. The van der Waals surface area contributed by atoms with Gasteiger partial charge in [-0.25, -0.2) is 4.98 Å². The highest BCUT2D eigenvalue weighted by Crippen LogP contribution is 2.10. The number of carbonyl (C=O) groups is 1. The van der Waals surface area contributed by atoms with Crippen molar-refractivity contribution in [2.75, 3.05) is 5.33 Å². The van der Waals surface area contributed by atoms with Crippen LogP contribution >= 0.6 is 27.3 Å². The Morgan fingerprint density at radius 3 is 3.08 bits per heavy atom. The van der Waals surface area contributed by atoms with E-state index < -0.39 is 0 Å². The quantitative estimate of drug-likeness (QED) is 0.824. The van der Waals surface area contributed by atoms with Gasteiger partial charge in [0.2, 0.25) is 5.91 Å². The Morgan fingerprint density at radius 2 is 2.58 bits per heavy atom. The molecular formula is C7H9BrN2OS. The van der Waals surface area contributed by atoms with Crippen molar-refractivity contribution in [1.82, 2.24) is 10.3 Å². The number of amides is 1. The predicted octanol–water partition coefficient (Wildman–Crippen LogP) is 1.46. The van der Waals surface area contributed by atoms with Crippen LogP contribution in [0.15, 0.2) is 5.51 Å². The van der Waals surface area contributed by atoms with Crippen LogP contribution in [0.25, 0.3) is 0 Å². The monoisotopic (exact) mass is 248 g/mol. The summed E-state index contributed by atoms with van der Waals surface area (Å²) in [4.78, 5) is 16.0. The molecule has 12 heavy (non-hydrogen) atoms. The largest absolute Gasteiger partial charge is 0.350 e. The molecule has 0 aliphatic carbocycles. The van der Waals surface area contributed by atoms with Gasteiger partial charge < -0.3 is 5.32 Å². The number of hydrogen-bond donors (Lipinski definition) is 1. The summed E-state index contributed by atoms with van der Waals surface area (Å²) in [5, 5.41) is 3.11. The summed E-state index contributed by atoms with van der Waals surface area (Å²) in [5.41, 5.74) is 2.78. The van der Waals surface area contributed by atoms with Gasteiger partial charge in [0.05, 0.1) is 23.1 Å². The van der Waals surface area contributed by atoms with Gasteiger partial charge in [0.15, 0.2) is 0 Å². The number of alkyl halides is 1. The molecule has 66 valence electrons. The molecule has 0 atom stereocenters. The van der Waals surface area contributed by atoms with Crippen molar-refractivity contribution in [2.24, 2.45) is 0 Å². The van der Waals surface area contributed by atoms with Crippen molar-refractivity contribution in [2.45, 2.75) is 13.5 Å². The van der Waals surface area contributed by atoms with E-state index in [9.17, 15) is 4.79 Å². The van der Waals surface area contributed by atoms with E-state index >= 15 is 0 Å². The summed E-state index contributed by atoms with van der Waals surface area (Å²) < 4.78 is 0. The van der Waals surface area contributed by atoms with Gasteiger partial charge in [-0.05, 0) is 6.92 Å². The molecule has 1 amide bonds. The van der Waals surface area contributed by atoms with E-state index in [1.165, 1.54) is 0 Å². The van der Waals surface area contributed by atoms with Crippen molar-refractivity contribution in [3.05, 3.63) is 16.1 Å². The molecule has 0 aromatic carbocycles. The van der Waals surface area contributed by atoms with Crippen LogP contribution in [0.4, 0.5) is 0 Å². The number of thiazole rings is 1. The molecule has 3 nitrogen and oxygen atoms in total. The minimum Gasteiger partial charge on any atom is -0.350 e. The van der Waals surface area contributed by atoms with Crippen LogP contribution in [-0.4, -0.2) is 16.2 Å². The summed E-state index contributed by atoms with van der Waals surface area (Å²) in [7, 11) is 0. The van der Waals surface area contributed by atoms with Gasteiger partial charge in [-0.2, -0.15) is 0 Å². The van der Waals surface area contributed by atoms with Crippen molar-refractivity contribution >= 4 is 33.2 Å². The van der Waals surface area contributed by atoms with Crippen molar-refractivity contribution < 1.29 is 4.79 Å². The highest BCUT2D eigenvalue weighted by atomic mass is 79.9. The maximum Gasteiger partial charge on any atom is 0.230 e. The molecule has 0 spiro atoms. The second kappa shape index (κ2) is 4.57. The van der Waals surface area contributed by atoms with Gasteiger partial charge in [0.25, 0.3) is 0 Å². The third-order valence-corrected chi connectivity index (χ3v) is 2.86. The van der Waals surface area contributed by atoms with Gasteiger partial charge in [-0.1, -0.05) is 15.9 Å². The molecule has 0 radical (unpaired) electrons. The highest BCUT2D eigenvalue weighted by molar-refractivity contribution is 9.09. The Morgan fingerprint density at radius 1 is 1.83 bits per heavy atom. The van der Waals surface area contributed by atoms with Gasteiger partial charge in [0.1, 0.15) is 0 Å². The van der Waals surface area contributed by atoms with Crippen molar-refractivity contribution in [3.63, 3.8) is 0 Å². The average Bonchev–Trinajstić information content (AvgIpc) is 2.47. The van der Waals surface area contributed by atoms with E-state index in [0.29, 0.717) is 11.9 Å². The van der Waals surface area contributed by atoms with Gasteiger partial charge in [-0.15, -0.1) is 11.3 Å². The summed E-state index contributed by atoms with van der Waals surface area (Å²) in [5.74, 6) is 0.00259. The van der Waals surface area contributed by atoms with Crippen LogP contribution in [0.5, 0.6) is 0 Å². The van der Waals surface area contributed by atoms with Gasteiger partial charge in [0, 0.05) is 4.88 Å². The summed E-state index contributed by atoms with van der Waals surface area (Å²) >= 11 is 4.63. The van der Waals surface area contributed by atoms with E-state index in [1.807, 2.05) is 6.92 Å². The summed E-state index contributed by atoms with van der Waals surface area (Å²) in [6.07, 6.45) is 0. The lowest BCUT2D eigenvalue weighted by molar-refractivity contribution is -0.118. The molecule has 1 N–H and O–H groups in total. The summed E-state index contributed by atoms with van der Waals surface area (Å²) in [6.45, 7) is 2.52. The first kappa shape index (κ1) is 9.67. The molecule has 1 aromatic heterocycles. The predicted molar refractivity (Wildman–Crippen MR) is 52.5 cm³/mol. The summed E-state index contributed by atoms with van der Waals surface area (Å²) in [6, 6.07) is 0. The fraction of sp³-hybridized carbons (Fsp3) is 0.429. The molecule has 0 saturated carbocycles. The Kier molecular flexibility index (Phi) is 3.68. The number of hydrogen-bond acceptors (Lipinski definition) is 3. The number of halogens is 1. The van der Waals surface area contributed by atoms with Gasteiger partial charge >= 0.3 is 0 Å². The Bertz CT molecular complexity index is 274. The van der Waals surface area contributed by atoms with Crippen molar-refractivity contribution in [1.29, 1.82) is 0 Å². The first-order valence-electron chi connectivity index (χ1n) is 3.45. The Hall–Kier alpha value is -0.420. The molecular weight excluding hydrogens is 240 g/mol. The Balaban J connectivity index is 2.43. The van der Waals surface area contributed by atoms with Crippen LogP contribution < -0.4 is 5.32 Å². The topological polar surface area (TPSA) is 42.0 Å². The second-order valence-electron chi connectivity index (χ2n) is 2.27. The first-order chi connectivity index (χ1) is 5.74. The van der Waals surface area contributed by atoms with E-state index in [2.05, 4.69) is 26.2 Å². The first-order valence-corrected chi connectivity index (χ1v) is 5.45. The molecule has 0 bridgehead atoms. The number of carbonyl (C=O) groups excluding carboxylic acids is 1. The van der Waals surface area contributed by atoms with Crippen LogP contribution in [0.3, 0.4) is 0 Å². The molecule has 1 rings (SSSR count). The average molecular weight is 249 g/mol. The van der Waals surface area contributed by atoms with Crippen LogP contribution in [0, 0.1) is 6.92 Å². The van der Waals surface area contributed by atoms with E-state index in [1.54, 1.807) is 16.8 Å². The molecule has 0 fully saturated rings. The number of rotatable bonds is 3. The molecule has 0 saturated heterocycles. The number of nitrogens with one attached hydrogen (secondary N) is 1. The molecule has 1 heterocycles. The molecule has 5 heteroatoms. The zero-order valence-corrected chi connectivity index (χ0v) is 9.04. The third-order valence-electron chi connectivity index (χ3n) is 1.41. The maximum absolute atomic E-state index is 10.8. The van der Waals surface area contributed by atoms with Crippen LogP contribution in [0.1, 0.15) is 10.6 Å². The number of aromatic nitrogens is 1. The minimum atomic E-state index is 0.00259. The lowest BCUT2D eigenvalue weighted by Crippen LogP contribution is -2.23. The zero-order chi connectivity index (χ0) is 8.97. The zero-order valence-electron chi connectivity index (χ0n) is 6.63. The molecule has 1 aromatic rings. The van der Waals surface area contributed by atoms with Crippen LogP contribution in [0.2, 0.25) is 0 Å². The fourth-order valence-corrected chi connectivity index (χ4v) is 1.64. The molecule has 0 aliphatic rings. The molecule has 0 unspecified atom stereocenters. The standard InChI is InChI=1S/C7H9BrN2OS/c1-5-6(12-4-10-5)3-9-7(11)2-8/h4H,2-3H2,1H3,(H,9,11). The lowest BCUT2D eigenvalue weighted by Gasteiger charge is -2.00. The third kappa shape index (κ3) is 2.57. The SMILES string of the molecule is Cc1ncsc1CNC(=O)CBr. The fourth-order valence-electron chi connectivity index (χ4n) is 0.722. The van der Waals surface area contributed by atoms with Crippen LogP contribution in [-0.2, 0) is 11.3 Å². The molecule has 0 aliphatic heterocycles. The normalized spacial score (nSPS) is 9.83. The number of aryl methyl sites for hydroxylation is 1. The van der Waals surface area contributed by atoms with Crippen molar-refractivity contribution in [3.8, 4) is 0 Å². The van der Waals surface area contributed by atoms with E-state index in [-0.39, 0.29) is 5.91 Å². The second-order valence-corrected chi connectivity index (χ2v) is 3.77. The van der Waals surface area contributed by atoms with E-state index in [0.717, 1.165) is 10.6 Å². The van der Waals surface area contributed by atoms with Gasteiger partial charge in [-0.3, -0.25) is 4.79 Å². The maximum atomic E-state index is 10.8. The lowest BCUT2D eigenvalue weighted by atomic mass is 10.4. The Labute approximate surface area is 83.3 Å². The highest BCUT2D eigenvalue weighted by Gasteiger charge is 2.02.